The van der Waals surface area contributed by atoms with Crippen molar-refractivity contribution in [2.75, 3.05) is 31.7 Å². The highest BCUT2D eigenvalue weighted by atomic mass is 16.6. The number of benzene rings is 1. The number of para-hydroxylation sites is 1. The number of anilines is 1. The minimum atomic E-state index is -0.500. The lowest BCUT2D eigenvalue weighted by Gasteiger charge is -2.22. The van der Waals surface area contributed by atoms with E-state index in [4.69, 9.17) is 4.74 Å². The van der Waals surface area contributed by atoms with Crippen molar-refractivity contribution in [3.8, 4) is 5.75 Å². The quantitative estimate of drug-likeness (QED) is 0.432. The van der Waals surface area contributed by atoms with Gasteiger partial charge in [-0.15, -0.1) is 0 Å². The van der Waals surface area contributed by atoms with Crippen molar-refractivity contribution >= 4 is 17.3 Å². The summed E-state index contributed by atoms with van der Waals surface area (Å²) in [5.41, 5.74) is 0.203. The number of nitro groups is 1. The van der Waals surface area contributed by atoms with Gasteiger partial charge in [-0.25, -0.2) is 0 Å². The number of esters is 1. The Morgan fingerprint density at radius 1 is 1.40 bits per heavy atom. The van der Waals surface area contributed by atoms with Crippen molar-refractivity contribution in [3.63, 3.8) is 0 Å². The van der Waals surface area contributed by atoms with E-state index in [9.17, 15) is 14.9 Å². The number of likely N-dealkylation sites (N-methyl/N-ethyl adjacent to an activating group) is 1. The minimum Gasteiger partial charge on any atom is -0.487 e. The molecule has 0 saturated heterocycles. The van der Waals surface area contributed by atoms with Crippen LogP contribution in [0.4, 0.5) is 11.4 Å². The molecule has 0 N–H and O–H groups in total. The third kappa shape index (κ3) is 3.59. The van der Waals surface area contributed by atoms with E-state index >= 15 is 0 Å². The van der Waals surface area contributed by atoms with Crippen LogP contribution in [0.3, 0.4) is 0 Å². The van der Waals surface area contributed by atoms with Gasteiger partial charge in [-0.2, -0.15) is 0 Å². The largest absolute Gasteiger partial charge is 0.487 e. The van der Waals surface area contributed by atoms with Crippen LogP contribution in [-0.4, -0.2) is 37.7 Å². The van der Waals surface area contributed by atoms with Gasteiger partial charge in [0.2, 0.25) is 0 Å². The zero-order valence-corrected chi connectivity index (χ0v) is 11.8. The molecule has 0 saturated carbocycles. The smallest absolute Gasteiger partial charge is 0.333 e. The van der Waals surface area contributed by atoms with Gasteiger partial charge in [0.1, 0.15) is 12.2 Å². The third-order valence-electron chi connectivity index (χ3n) is 2.73. The van der Waals surface area contributed by atoms with E-state index in [-0.39, 0.29) is 18.0 Å². The molecule has 1 aromatic rings. The average Bonchev–Trinajstić information content (AvgIpc) is 2.44. The summed E-state index contributed by atoms with van der Waals surface area (Å²) in [7, 11) is 1.28. The SMILES string of the molecule is CCOc1cccc(N(CC)CC(=O)OC)c1[N+](=O)[O-]. The van der Waals surface area contributed by atoms with Crippen LogP contribution >= 0.6 is 0 Å². The molecule has 7 heteroatoms. The summed E-state index contributed by atoms with van der Waals surface area (Å²) in [5, 5.41) is 11.3. The number of rotatable bonds is 7. The average molecular weight is 282 g/mol. The van der Waals surface area contributed by atoms with Crippen LogP contribution in [0.25, 0.3) is 0 Å². The fraction of sp³-hybridized carbons (Fsp3) is 0.462. The van der Waals surface area contributed by atoms with E-state index in [1.807, 2.05) is 0 Å². The van der Waals surface area contributed by atoms with Crippen LogP contribution in [0.15, 0.2) is 18.2 Å². The number of carbonyl (C=O) groups excluding carboxylic acids is 1. The fourth-order valence-corrected chi connectivity index (χ4v) is 1.81. The van der Waals surface area contributed by atoms with Gasteiger partial charge < -0.3 is 14.4 Å². The normalized spacial score (nSPS) is 9.95. The van der Waals surface area contributed by atoms with E-state index < -0.39 is 10.9 Å². The minimum absolute atomic E-state index is 0.0522. The number of hydrogen-bond donors (Lipinski definition) is 0. The Kier molecular flexibility index (Phi) is 5.76. The van der Waals surface area contributed by atoms with E-state index in [0.717, 1.165) is 0 Å². The molecule has 0 aliphatic heterocycles. The molecule has 0 spiro atoms. The second kappa shape index (κ2) is 7.32. The van der Waals surface area contributed by atoms with Gasteiger partial charge in [0, 0.05) is 6.54 Å². The lowest BCUT2D eigenvalue weighted by Crippen LogP contribution is -2.30. The molecular formula is C13H18N2O5. The van der Waals surface area contributed by atoms with Gasteiger partial charge in [0.15, 0.2) is 5.75 Å². The molecule has 0 heterocycles. The molecule has 0 amide bonds. The molecule has 1 rings (SSSR count). The molecule has 0 radical (unpaired) electrons. The summed E-state index contributed by atoms with van der Waals surface area (Å²) >= 11 is 0. The Morgan fingerprint density at radius 3 is 2.60 bits per heavy atom. The number of nitrogens with zero attached hydrogens (tertiary/aromatic N) is 2. The van der Waals surface area contributed by atoms with Crippen LogP contribution in [0.5, 0.6) is 5.75 Å². The summed E-state index contributed by atoms with van der Waals surface area (Å²) in [6.45, 7) is 4.27. The molecular weight excluding hydrogens is 264 g/mol. The molecule has 0 fully saturated rings. The highest BCUT2D eigenvalue weighted by Crippen LogP contribution is 2.37. The third-order valence-corrected chi connectivity index (χ3v) is 2.73. The van der Waals surface area contributed by atoms with Crippen molar-refractivity contribution < 1.29 is 19.2 Å². The maximum Gasteiger partial charge on any atom is 0.333 e. The van der Waals surface area contributed by atoms with E-state index in [1.54, 1.807) is 30.9 Å². The zero-order chi connectivity index (χ0) is 15.1. The highest BCUT2D eigenvalue weighted by Gasteiger charge is 2.25. The predicted octanol–water partition coefficient (Wildman–Crippen LogP) is 1.99. The van der Waals surface area contributed by atoms with Gasteiger partial charge in [-0.05, 0) is 26.0 Å². The standard InChI is InChI=1S/C13H18N2O5/c1-4-14(9-12(16)19-3)10-7-6-8-11(20-5-2)13(10)15(17)18/h6-8H,4-5,9H2,1-3H3. The number of nitro benzene ring substituents is 1. The van der Waals surface area contributed by atoms with Gasteiger partial charge in [-0.1, -0.05) is 6.07 Å². The number of methoxy groups -OCH3 is 1. The van der Waals surface area contributed by atoms with E-state index in [2.05, 4.69) is 4.74 Å². The van der Waals surface area contributed by atoms with Gasteiger partial charge in [-0.3, -0.25) is 14.9 Å². The lowest BCUT2D eigenvalue weighted by molar-refractivity contribution is -0.385. The maximum atomic E-state index is 11.4. The first-order valence-corrected chi connectivity index (χ1v) is 6.27. The van der Waals surface area contributed by atoms with Gasteiger partial charge in [0.25, 0.3) is 0 Å². The van der Waals surface area contributed by atoms with Crippen molar-refractivity contribution in [1.29, 1.82) is 0 Å². The fourth-order valence-electron chi connectivity index (χ4n) is 1.81. The Morgan fingerprint density at radius 2 is 2.10 bits per heavy atom. The molecule has 0 aliphatic carbocycles. The topological polar surface area (TPSA) is 81.9 Å². The summed E-state index contributed by atoms with van der Waals surface area (Å²) in [6.07, 6.45) is 0. The Balaban J connectivity index is 3.23. The Labute approximate surface area is 117 Å². The van der Waals surface area contributed by atoms with Crippen LogP contribution in [0.2, 0.25) is 0 Å². The first kappa shape index (κ1) is 15.7. The van der Waals surface area contributed by atoms with E-state index in [1.165, 1.54) is 13.2 Å². The molecule has 1 aromatic carbocycles. The lowest BCUT2D eigenvalue weighted by atomic mass is 10.2. The molecule has 7 nitrogen and oxygen atoms in total. The van der Waals surface area contributed by atoms with Crippen molar-refractivity contribution in [2.24, 2.45) is 0 Å². The highest BCUT2D eigenvalue weighted by molar-refractivity contribution is 5.79. The molecule has 20 heavy (non-hydrogen) atoms. The molecule has 0 aliphatic rings. The van der Waals surface area contributed by atoms with Crippen LogP contribution in [0, 0.1) is 10.1 Å². The maximum absolute atomic E-state index is 11.4. The summed E-state index contributed by atoms with van der Waals surface area (Å²) in [6, 6.07) is 4.79. The van der Waals surface area contributed by atoms with Crippen molar-refractivity contribution in [3.05, 3.63) is 28.3 Å². The molecule has 110 valence electrons. The molecule has 0 aromatic heterocycles. The number of carbonyl (C=O) groups is 1. The number of ether oxygens (including phenoxy) is 2. The monoisotopic (exact) mass is 282 g/mol. The number of hydrogen-bond acceptors (Lipinski definition) is 6. The van der Waals surface area contributed by atoms with Crippen LogP contribution in [0.1, 0.15) is 13.8 Å². The van der Waals surface area contributed by atoms with Crippen molar-refractivity contribution in [2.45, 2.75) is 13.8 Å². The second-order valence-electron chi connectivity index (χ2n) is 3.90. The van der Waals surface area contributed by atoms with Gasteiger partial charge >= 0.3 is 11.7 Å². The molecule has 0 atom stereocenters. The van der Waals surface area contributed by atoms with Crippen molar-refractivity contribution in [1.82, 2.24) is 0 Å². The summed E-state index contributed by atoms with van der Waals surface area (Å²) in [4.78, 5) is 23.7. The summed E-state index contributed by atoms with van der Waals surface area (Å²) < 4.78 is 9.88. The Hall–Kier alpha value is -2.31. The first-order valence-electron chi connectivity index (χ1n) is 6.27. The predicted molar refractivity (Wildman–Crippen MR) is 74.2 cm³/mol. The molecule has 0 bridgehead atoms. The van der Waals surface area contributed by atoms with E-state index in [0.29, 0.717) is 18.8 Å². The summed E-state index contributed by atoms with van der Waals surface area (Å²) in [5.74, 6) is -0.263. The van der Waals surface area contributed by atoms with Crippen LogP contribution in [-0.2, 0) is 9.53 Å². The zero-order valence-electron chi connectivity index (χ0n) is 11.8. The molecule has 0 unspecified atom stereocenters. The second-order valence-corrected chi connectivity index (χ2v) is 3.90. The Bertz CT molecular complexity index is 490. The van der Waals surface area contributed by atoms with Gasteiger partial charge in [0.05, 0.1) is 18.6 Å². The van der Waals surface area contributed by atoms with Crippen LogP contribution < -0.4 is 9.64 Å². The first-order chi connectivity index (χ1) is 9.54.